The minimum absolute atomic E-state index is 0.0236. The maximum Gasteiger partial charge on any atom is 0.241 e. The van der Waals surface area contributed by atoms with Crippen molar-refractivity contribution in [2.75, 3.05) is 18.9 Å². The summed E-state index contributed by atoms with van der Waals surface area (Å²) in [4.78, 5) is 11.1. The van der Waals surface area contributed by atoms with E-state index in [0.717, 1.165) is 5.71 Å². The second kappa shape index (κ2) is 8.90. The van der Waals surface area contributed by atoms with Gasteiger partial charge >= 0.3 is 0 Å². The lowest BCUT2D eigenvalue weighted by molar-refractivity contribution is 0.574. The standard InChI is InChI=1S/C19H20N8O4S2/c20-16-6-3-12(10-23-16)14-4-5-15(33(30,31)26-9-7-13-2-1-8-22-13)18(32(21,28)29)17(14)19-24-11-25-27-19/h1,3-6,8,10,26H,2,7,9,11H2,(H2,20,23)(H2,21,28,29). The van der Waals surface area contributed by atoms with E-state index in [0.29, 0.717) is 24.0 Å². The average Bonchev–Trinajstić information content (AvgIpc) is 3.47. The van der Waals surface area contributed by atoms with Crippen molar-refractivity contribution in [3.63, 3.8) is 0 Å². The Morgan fingerprint density at radius 2 is 1.91 bits per heavy atom. The molecule has 4 rings (SSSR count). The molecule has 0 bridgehead atoms. The molecule has 0 fully saturated rings. The van der Waals surface area contributed by atoms with E-state index in [4.69, 9.17) is 10.9 Å². The van der Waals surface area contributed by atoms with E-state index in [-0.39, 0.29) is 30.4 Å². The maximum atomic E-state index is 13.1. The number of nitrogens with zero attached hydrogens (tertiary/aromatic N) is 5. The van der Waals surface area contributed by atoms with Crippen molar-refractivity contribution >= 4 is 37.4 Å². The Labute approximate surface area is 190 Å². The summed E-state index contributed by atoms with van der Waals surface area (Å²) in [7, 11) is -8.82. The third kappa shape index (κ3) is 4.88. The molecule has 33 heavy (non-hydrogen) atoms. The van der Waals surface area contributed by atoms with Gasteiger partial charge in [0.25, 0.3) is 0 Å². The van der Waals surface area contributed by atoms with Crippen molar-refractivity contribution in [3.8, 4) is 11.1 Å². The van der Waals surface area contributed by atoms with Crippen LogP contribution in [0.2, 0.25) is 0 Å². The number of hydrogen-bond donors (Lipinski definition) is 3. The van der Waals surface area contributed by atoms with E-state index in [9.17, 15) is 16.8 Å². The summed E-state index contributed by atoms with van der Waals surface area (Å²) < 4.78 is 54.1. The Morgan fingerprint density at radius 3 is 2.52 bits per heavy atom. The fourth-order valence-electron chi connectivity index (χ4n) is 3.42. The number of primary sulfonamides is 1. The molecule has 3 heterocycles. The molecule has 1 aromatic heterocycles. The number of rotatable bonds is 8. The summed E-state index contributed by atoms with van der Waals surface area (Å²) in [5.41, 5.74) is 7.18. The Bertz CT molecular complexity index is 1430. The van der Waals surface area contributed by atoms with Crippen LogP contribution in [0.4, 0.5) is 5.82 Å². The number of nitrogens with one attached hydrogen (secondary N) is 1. The predicted molar refractivity (Wildman–Crippen MR) is 123 cm³/mol. The molecule has 0 aliphatic carbocycles. The minimum Gasteiger partial charge on any atom is -0.384 e. The van der Waals surface area contributed by atoms with Gasteiger partial charge in [0, 0.05) is 36.6 Å². The van der Waals surface area contributed by atoms with Crippen molar-refractivity contribution < 1.29 is 16.8 Å². The highest BCUT2D eigenvalue weighted by Crippen LogP contribution is 2.34. The second-order valence-corrected chi connectivity index (χ2v) is 10.4. The molecule has 0 saturated carbocycles. The number of allylic oxidation sites excluding steroid dienone is 1. The summed E-state index contributed by atoms with van der Waals surface area (Å²) in [5.74, 6) is 0.213. The molecule has 172 valence electrons. The van der Waals surface area contributed by atoms with Gasteiger partial charge in [-0.1, -0.05) is 12.1 Å². The van der Waals surface area contributed by atoms with Gasteiger partial charge in [-0.2, -0.15) is 5.11 Å². The van der Waals surface area contributed by atoms with Crippen molar-refractivity contribution in [2.24, 2.45) is 25.4 Å². The molecule has 0 saturated heterocycles. The SMILES string of the molecule is Nc1ccc(-c2ccc(S(=O)(=O)NCCC3=NC=CC3)c(S(N)(=O)=O)c2C2=NCN=N2)cn1. The Hall–Kier alpha value is -3.33. The highest BCUT2D eigenvalue weighted by atomic mass is 32.2. The van der Waals surface area contributed by atoms with E-state index < -0.39 is 29.8 Å². The van der Waals surface area contributed by atoms with Crippen LogP contribution in [-0.2, 0) is 20.0 Å². The molecule has 0 unspecified atom stereocenters. The van der Waals surface area contributed by atoms with Gasteiger partial charge in [0.05, 0.1) is 5.56 Å². The monoisotopic (exact) mass is 488 g/mol. The molecule has 0 amide bonds. The van der Waals surface area contributed by atoms with Crippen LogP contribution in [0.1, 0.15) is 18.4 Å². The zero-order valence-corrected chi connectivity index (χ0v) is 18.8. The lowest BCUT2D eigenvalue weighted by Crippen LogP contribution is -2.29. The molecule has 14 heteroatoms. The molecule has 0 atom stereocenters. The van der Waals surface area contributed by atoms with Crippen LogP contribution in [0.3, 0.4) is 0 Å². The number of azo groups is 1. The van der Waals surface area contributed by atoms with Crippen LogP contribution >= 0.6 is 0 Å². The van der Waals surface area contributed by atoms with Crippen LogP contribution in [0.5, 0.6) is 0 Å². The smallest absolute Gasteiger partial charge is 0.241 e. The first-order valence-corrected chi connectivity index (χ1v) is 12.7. The van der Waals surface area contributed by atoms with Gasteiger partial charge in [0.2, 0.25) is 20.0 Å². The number of pyridine rings is 1. The highest BCUT2D eigenvalue weighted by Gasteiger charge is 2.32. The first-order valence-electron chi connectivity index (χ1n) is 9.71. The van der Waals surface area contributed by atoms with Gasteiger partial charge in [-0.15, -0.1) is 5.11 Å². The molecule has 0 spiro atoms. The van der Waals surface area contributed by atoms with E-state index in [1.54, 1.807) is 12.3 Å². The Balaban J connectivity index is 1.85. The first-order chi connectivity index (χ1) is 15.7. The molecule has 2 aromatic rings. The summed E-state index contributed by atoms with van der Waals surface area (Å²) in [6.45, 7) is 0.0106. The average molecular weight is 489 g/mol. The van der Waals surface area contributed by atoms with Gasteiger partial charge in [0.1, 0.15) is 15.6 Å². The van der Waals surface area contributed by atoms with E-state index >= 15 is 0 Å². The molecular weight excluding hydrogens is 468 g/mol. The second-order valence-electron chi connectivity index (χ2n) is 7.13. The minimum atomic E-state index is -4.54. The molecule has 2 aliphatic rings. The number of anilines is 1. The summed E-state index contributed by atoms with van der Waals surface area (Å²) in [5, 5.41) is 13.2. The van der Waals surface area contributed by atoms with Crippen molar-refractivity contribution in [2.45, 2.75) is 22.6 Å². The van der Waals surface area contributed by atoms with E-state index in [1.165, 1.54) is 24.4 Å². The highest BCUT2D eigenvalue weighted by molar-refractivity contribution is 7.92. The fourth-order valence-corrected chi connectivity index (χ4v) is 6.05. The number of aromatic nitrogens is 1. The quantitative estimate of drug-likeness (QED) is 0.498. The predicted octanol–water partition coefficient (Wildman–Crippen LogP) is 1.17. The molecular formula is C19H20N8O4S2. The number of nitrogens with two attached hydrogens (primary N) is 2. The van der Waals surface area contributed by atoms with Gasteiger partial charge < -0.3 is 5.73 Å². The van der Waals surface area contributed by atoms with Crippen molar-refractivity contribution in [1.29, 1.82) is 0 Å². The number of amidine groups is 1. The summed E-state index contributed by atoms with van der Waals surface area (Å²) >= 11 is 0. The topological polar surface area (TPSA) is 195 Å². The largest absolute Gasteiger partial charge is 0.384 e. The number of aliphatic imine (C=N–C) groups is 2. The molecule has 2 aliphatic heterocycles. The van der Waals surface area contributed by atoms with Gasteiger partial charge in [0.15, 0.2) is 12.5 Å². The Morgan fingerprint density at radius 1 is 1.09 bits per heavy atom. The number of nitrogen functional groups attached to an aromatic ring is 1. The molecule has 12 nitrogen and oxygen atoms in total. The molecule has 5 N–H and O–H groups in total. The van der Waals surface area contributed by atoms with Crippen LogP contribution in [0.15, 0.2) is 72.7 Å². The van der Waals surface area contributed by atoms with E-state index in [2.05, 4.69) is 29.9 Å². The normalized spacial score (nSPS) is 15.7. The third-order valence-electron chi connectivity index (χ3n) is 4.89. The fraction of sp³-hybridized carbons (Fsp3) is 0.211. The Kier molecular flexibility index (Phi) is 6.16. The van der Waals surface area contributed by atoms with Crippen molar-refractivity contribution in [1.82, 2.24) is 9.71 Å². The van der Waals surface area contributed by atoms with Gasteiger partial charge in [-0.3, -0.25) is 4.99 Å². The molecule has 1 aromatic carbocycles. The van der Waals surface area contributed by atoms with Gasteiger partial charge in [-0.25, -0.2) is 36.7 Å². The zero-order chi connectivity index (χ0) is 23.6. The number of sulfonamides is 2. The van der Waals surface area contributed by atoms with Crippen LogP contribution in [0, 0.1) is 0 Å². The number of hydrogen-bond acceptors (Lipinski definition) is 10. The van der Waals surface area contributed by atoms with Crippen molar-refractivity contribution in [3.05, 3.63) is 48.3 Å². The molecule has 0 radical (unpaired) electrons. The lowest BCUT2D eigenvalue weighted by Gasteiger charge is -2.17. The van der Waals surface area contributed by atoms with Crippen LogP contribution < -0.4 is 15.6 Å². The van der Waals surface area contributed by atoms with Crippen LogP contribution in [-0.4, -0.2) is 46.6 Å². The first kappa shape index (κ1) is 22.8. The lowest BCUT2D eigenvalue weighted by atomic mass is 10.00. The third-order valence-corrected chi connectivity index (χ3v) is 7.51. The zero-order valence-electron chi connectivity index (χ0n) is 17.2. The van der Waals surface area contributed by atoms with Crippen LogP contribution in [0.25, 0.3) is 11.1 Å². The summed E-state index contributed by atoms with van der Waals surface area (Å²) in [6.07, 6.45) is 5.95. The maximum absolute atomic E-state index is 13.1. The van der Waals surface area contributed by atoms with Gasteiger partial charge in [-0.05, 0) is 30.2 Å². The van der Waals surface area contributed by atoms with E-state index in [1.807, 2.05) is 6.08 Å². The summed E-state index contributed by atoms with van der Waals surface area (Å²) in [6, 6.07) is 5.77. The number of benzene rings is 1.